The maximum atomic E-state index is 12.6. The van der Waals surface area contributed by atoms with Crippen molar-refractivity contribution in [3.05, 3.63) is 36.0 Å². The van der Waals surface area contributed by atoms with E-state index in [1.165, 1.54) is 0 Å². The Kier molecular flexibility index (Phi) is 5.41. The summed E-state index contributed by atoms with van der Waals surface area (Å²) in [6.45, 7) is 5.42. The van der Waals surface area contributed by atoms with Crippen LogP contribution in [0.4, 0.5) is 0 Å². The van der Waals surface area contributed by atoms with E-state index >= 15 is 0 Å². The zero-order valence-electron chi connectivity index (χ0n) is 15.0. The fourth-order valence-electron chi connectivity index (χ4n) is 3.41. The number of hydrogen-bond donors (Lipinski definition) is 2. The fraction of sp³-hybridized carbons (Fsp3) is 0.500. The predicted octanol–water partition coefficient (Wildman–Crippen LogP) is 2.86. The molecule has 1 aromatic carbocycles. The first kappa shape index (κ1) is 17.5. The number of nitrogens with zero attached hydrogens (tertiary/aromatic N) is 1. The molecule has 0 aliphatic carbocycles. The Labute approximate surface area is 148 Å². The van der Waals surface area contributed by atoms with Gasteiger partial charge in [-0.25, -0.2) is 0 Å². The highest BCUT2D eigenvalue weighted by molar-refractivity contribution is 5.89. The van der Waals surface area contributed by atoms with Crippen molar-refractivity contribution in [3.63, 3.8) is 0 Å². The summed E-state index contributed by atoms with van der Waals surface area (Å²) in [5, 5.41) is 4.16. The van der Waals surface area contributed by atoms with Crippen molar-refractivity contribution in [3.8, 4) is 0 Å². The minimum Gasteiger partial charge on any atom is -0.361 e. The highest BCUT2D eigenvalue weighted by Gasteiger charge is 2.27. The fourth-order valence-corrected chi connectivity index (χ4v) is 3.41. The number of rotatable bonds is 5. The lowest BCUT2D eigenvalue weighted by atomic mass is 9.95. The Balaban J connectivity index is 1.54. The van der Waals surface area contributed by atoms with Crippen LogP contribution < -0.4 is 5.32 Å². The molecule has 25 heavy (non-hydrogen) atoms. The van der Waals surface area contributed by atoms with E-state index in [0.717, 1.165) is 35.7 Å². The van der Waals surface area contributed by atoms with Gasteiger partial charge in [0, 0.05) is 42.1 Å². The molecule has 1 fully saturated rings. The summed E-state index contributed by atoms with van der Waals surface area (Å²) in [4.78, 5) is 30.0. The van der Waals surface area contributed by atoms with Crippen LogP contribution >= 0.6 is 0 Å². The zero-order valence-corrected chi connectivity index (χ0v) is 15.0. The zero-order chi connectivity index (χ0) is 17.8. The smallest absolute Gasteiger partial charge is 0.227 e. The second kappa shape index (κ2) is 7.72. The van der Waals surface area contributed by atoms with Crippen molar-refractivity contribution in [2.24, 2.45) is 5.92 Å². The summed E-state index contributed by atoms with van der Waals surface area (Å²) >= 11 is 0. The maximum absolute atomic E-state index is 12.6. The summed E-state index contributed by atoms with van der Waals surface area (Å²) in [5.74, 6) is 0.315. The molecule has 134 valence electrons. The molecule has 0 spiro atoms. The quantitative estimate of drug-likeness (QED) is 0.878. The van der Waals surface area contributed by atoms with Crippen LogP contribution in [-0.4, -0.2) is 40.8 Å². The van der Waals surface area contributed by atoms with E-state index in [1.807, 2.05) is 42.3 Å². The van der Waals surface area contributed by atoms with Crippen LogP contribution in [0.25, 0.3) is 10.9 Å². The maximum Gasteiger partial charge on any atom is 0.227 e. The lowest BCUT2D eigenvalue weighted by Crippen LogP contribution is -2.45. The van der Waals surface area contributed by atoms with Gasteiger partial charge >= 0.3 is 0 Å². The van der Waals surface area contributed by atoms with Gasteiger partial charge in [0.2, 0.25) is 11.8 Å². The van der Waals surface area contributed by atoms with Gasteiger partial charge in [-0.2, -0.15) is 0 Å². The number of aromatic amines is 1. The Bertz CT molecular complexity index is 744. The predicted molar refractivity (Wildman–Crippen MR) is 99.2 cm³/mol. The molecule has 1 aliphatic rings. The number of H-pyrrole nitrogens is 1. The molecule has 5 nitrogen and oxygen atoms in total. The van der Waals surface area contributed by atoms with Gasteiger partial charge in [-0.05, 0) is 37.8 Å². The van der Waals surface area contributed by atoms with Crippen molar-refractivity contribution in [2.75, 3.05) is 13.1 Å². The van der Waals surface area contributed by atoms with Gasteiger partial charge < -0.3 is 15.2 Å². The summed E-state index contributed by atoms with van der Waals surface area (Å²) in [5.41, 5.74) is 2.10. The topological polar surface area (TPSA) is 65.2 Å². The first-order valence-corrected chi connectivity index (χ1v) is 9.21. The van der Waals surface area contributed by atoms with E-state index in [9.17, 15) is 9.59 Å². The summed E-state index contributed by atoms with van der Waals surface area (Å²) < 4.78 is 0. The van der Waals surface area contributed by atoms with E-state index in [-0.39, 0.29) is 23.8 Å². The number of likely N-dealkylation sites (tertiary alicyclic amines) is 1. The molecule has 0 bridgehead atoms. The van der Waals surface area contributed by atoms with Crippen LogP contribution in [0, 0.1) is 5.92 Å². The van der Waals surface area contributed by atoms with E-state index in [2.05, 4.69) is 17.2 Å². The van der Waals surface area contributed by atoms with Crippen LogP contribution in [0.1, 0.15) is 38.7 Å². The van der Waals surface area contributed by atoms with Crippen molar-refractivity contribution < 1.29 is 9.59 Å². The average molecular weight is 341 g/mol. The molecule has 2 N–H and O–H groups in total. The van der Waals surface area contributed by atoms with E-state index in [4.69, 9.17) is 0 Å². The average Bonchev–Trinajstić information content (AvgIpc) is 3.04. The number of carbonyl (C=O) groups excluding carboxylic acids is 2. The molecular formula is C20H27N3O2. The molecule has 1 unspecified atom stereocenters. The second-order valence-electron chi connectivity index (χ2n) is 7.01. The summed E-state index contributed by atoms with van der Waals surface area (Å²) in [6.07, 6.45) is 4.78. The number of nitrogens with one attached hydrogen (secondary N) is 2. The summed E-state index contributed by atoms with van der Waals surface area (Å²) in [6, 6.07) is 8.25. The third-order valence-corrected chi connectivity index (χ3v) is 5.24. The van der Waals surface area contributed by atoms with Crippen LogP contribution in [0.15, 0.2) is 30.5 Å². The van der Waals surface area contributed by atoms with Gasteiger partial charge in [0.25, 0.3) is 0 Å². The van der Waals surface area contributed by atoms with Crippen LogP contribution in [0.5, 0.6) is 0 Å². The molecule has 1 saturated heterocycles. The molecule has 2 heterocycles. The molecule has 2 aromatic rings. The lowest BCUT2D eigenvalue weighted by Gasteiger charge is -2.32. The summed E-state index contributed by atoms with van der Waals surface area (Å²) in [7, 11) is 0. The molecular weight excluding hydrogens is 314 g/mol. The normalized spacial score (nSPS) is 16.8. The molecule has 1 aromatic heterocycles. The molecule has 0 saturated carbocycles. The standard InChI is InChI=1S/C20H27N3O2/c1-3-14(2)22-20(25)15-8-10-23(11-9-15)19(24)12-16-13-21-18-7-5-4-6-17(16)18/h4-7,13-15,21H,3,8-12H2,1-2H3,(H,22,25). The van der Waals surface area contributed by atoms with Crippen molar-refractivity contribution >= 4 is 22.7 Å². The molecule has 3 rings (SSSR count). The van der Waals surface area contributed by atoms with Crippen molar-refractivity contribution in [1.82, 2.24) is 15.2 Å². The Morgan fingerprint density at radius 2 is 2.00 bits per heavy atom. The third-order valence-electron chi connectivity index (χ3n) is 5.24. The van der Waals surface area contributed by atoms with E-state index in [1.54, 1.807) is 0 Å². The van der Waals surface area contributed by atoms with Crippen LogP contribution in [0.3, 0.4) is 0 Å². The number of para-hydroxylation sites is 1. The molecule has 5 heteroatoms. The van der Waals surface area contributed by atoms with E-state index < -0.39 is 0 Å². The molecule has 1 aliphatic heterocycles. The van der Waals surface area contributed by atoms with Crippen molar-refractivity contribution in [2.45, 2.75) is 45.6 Å². The lowest BCUT2D eigenvalue weighted by molar-refractivity contribution is -0.135. The number of carbonyl (C=O) groups is 2. The first-order valence-electron chi connectivity index (χ1n) is 9.21. The Hall–Kier alpha value is -2.30. The third kappa shape index (κ3) is 4.03. The molecule has 1 atom stereocenters. The van der Waals surface area contributed by atoms with Gasteiger partial charge in [-0.1, -0.05) is 25.1 Å². The second-order valence-corrected chi connectivity index (χ2v) is 7.01. The number of hydrogen-bond acceptors (Lipinski definition) is 2. The number of piperidine rings is 1. The van der Waals surface area contributed by atoms with Gasteiger partial charge in [0.05, 0.1) is 6.42 Å². The van der Waals surface area contributed by atoms with Gasteiger partial charge in [0.1, 0.15) is 0 Å². The molecule has 2 amide bonds. The van der Waals surface area contributed by atoms with Gasteiger partial charge in [-0.3, -0.25) is 9.59 Å². The Morgan fingerprint density at radius 3 is 2.72 bits per heavy atom. The number of fused-ring (bicyclic) bond motifs is 1. The first-order chi connectivity index (χ1) is 12.1. The minimum atomic E-state index is 0.0335. The monoisotopic (exact) mass is 341 g/mol. The number of aromatic nitrogens is 1. The SMILES string of the molecule is CCC(C)NC(=O)C1CCN(C(=O)Cc2c[nH]c3ccccc23)CC1. The Morgan fingerprint density at radius 1 is 1.28 bits per heavy atom. The number of amides is 2. The minimum absolute atomic E-state index is 0.0335. The highest BCUT2D eigenvalue weighted by atomic mass is 16.2. The molecule has 0 radical (unpaired) electrons. The van der Waals surface area contributed by atoms with Gasteiger partial charge in [-0.15, -0.1) is 0 Å². The van der Waals surface area contributed by atoms with Crippen LogP contribution in [-0.2, 0) is 16.0 Å². The highest BCUT2D eigenvalue weighted by Crippen LogP contribution is 2.21. The van der Waals surface area contributed by atoms with E-state index in [0.29, 0.717) is 19.5 Å². The van der Waals surface area contributed by atoms with Gasteiger partial charge in [0.15, 0.2) is 0 Å². The van der Waals surface area contributed by atoms with Crippen molar-refractivity contribution in [1.29, 1.82) is 0 Å². The number of benzene rings is 1. The van der Waals surface area contributed by atoms with Crippen LogP contribution in [0.2, 0.25) is 0 Å². The largest absolute Gasteiger partial charge is 0.361 e.